The highest BCUT2D eigenvalue weighted by molar-refractivity contribution is 5.67. The second-order valence-corrected chi connectivity index (χ2v) is 3.44. The fraction of sp³-hybridized carbons (Fsp3) is 0.778. The van der Waals surface area contributed by atoms with Crippen LogP contribution >= 0.6 is 0 Å². The Hall–Kier alpha value is -1.18. The van der Waals surface area contributed by atoms with Crippen LogP contribution < -0.4 is 0 Å². The smallest absolute Gasteiger partial charge is 0.303 e. The van der Waals surface area contributed by atoms with Crippen LogP contribution in [0.5, 0.6) is 0 Å². The van der Waals surface area contributed by atoms with Crippen LogP contribution in [0.2, 0.25) is 0 Å². The minimum absolute atomic E-state index is 0.143. The summed E-state index contributed by atoms with van der Waals surface area (Å²) in [5.41, 5.74) is 0. The summed E-state index contributed by atoms with van der Waals surface area (Å²) in [6.07, 6.45) is -4.94. The summed E-state index contributed by atoms with van der Waals surface area (Å²) in [5.74, 6) is -1.23. The van der Waals surface area contributed by atoms with Gasteiger partial charge in [0.1, 0.15) is 6.10 Å². The first-order valence-corrected chi connectivity index (χ1v) is 4.74. The van der Waals surface area contributed by atoms with Gasteiger partial charge in [0.25, 0.3) is 0 Å². The zero-order valence-electron chi connectivity index (χ0n) is 8.95. The highest BCUT2D eigenvalue weighted by Crippen LogP contribution is 2.19. The topological polar surface area (TPSA) is 102 Å². The molecule has 1 heterocycles. The van der Waals surface area contributed by atoms with Gasteiger partial charge in [-0.15, -0.1) is 0 Å². The van der Waals surface area contributed by atoms with Crippen LogP contribution in [0, 0.1) is 0 Å². The fourth-order valence-electron chi connectivity index (χ4n) is 1.42. The second-order valence-electron chi connectivity index (χ2n) is 3.44. The molecule has 0 aromatic carbocycles. The molecule has 16 heavy (non-hydrogen) atoms. The van der Waals surface area contributed by atoms with E-state index in [2.05, 4.69) is 0 Å². The summed E-state index contributed by atoms with van der Waals surface area (Å²) in [6, 6.07) is 0. The predicted octanol–water partition coefficient (Wildman–Crippen LogP) is -1.44. The molecule has 4 atom stereocenters. The van der Waals surface area contributed by atoms with Gasteiger partial charge in [0.2, 0.25) is 0 Å². The normalized spacial score (nSPS) is 34.2. The largest absolute Gasteiger partial charge is 0.456 e. The van der Waals surface area contributed by atoms with Crippen molar-refractivity contribution in [2.75, 3.05) is 6.61 Å². The summed E-state index contributed by atoms with van der Waals surface area (Å²) in [6.45, 7) is 2.19. The third kappa shape index (κ3) is 3.16. The maximum Gasteiger partial charge on any atom is 0.303 e. The summed E-state index contributed by atoms with van der Waals surface area (Å²) in [4.78, 5) is 21.6. The Labute approximate surface area is 91.9 Å². The predicted molar refractivity (Wildman–Crippen MR) is 49.1 cm³/mol. The van der Waals surface area contributed by atoms with Gasteiger partial charge in [0.05, 0.1) is 6.61 Å². The molecule has 0 aromatic heterocycles. The van der Waals surface area contributed by atoms with Gasteiger partial charge >= 0.3 is 11.9 Å². The molecule has 0 radical (unpaired) electrons. The van der Waals surface area contributed by atoms with Crippen LogP contribution in [0.3, 0.4) is 0 Å². The molecular weight excluding hydrogens is 220 g/mol. The van der Waals surface area contributed by atoms with Gasteiger partial charge in [0.15, 0.2) is 18.5 Å². The van der Waals surface area contributed by atoms with E-state index in [1.54, 1.807) is 0 Å². The third-order valence-corrected chi connectivity index (χ3v) is 2.05. The highest BCUT2D eigenvalue weighted by Gasteiger charge is 2.42. The van der Waals surface area contributed by atoms with E-state index in [0.29, 0.717) is 0 Å². The first-order valence-electron chi connectivity index (χ1n) is 4.74. The standard InChI is InChI=1S/C9H14O7/c1-4(10)15-6-3-14-9(13)7(12)8(6)16-5(2)11/h6-9,12-13H,3H2,1-2H3/t6-,7+,8-,9+/m0/s1. The number of esters is 2. The summed E-state index contributed by atoms with van der Waals surface area (Å²) < 4.78 is 14.3. The van der Waals surface area contributed by atoms with Gasteiger partial charge in [0, 0.05) is 13.8 Å². The molecule has 0 aromatic rings. The Morgan fingerprint density at radius 1 is 1.19 bits per heavy atom. The number of carbonyl (C=O) groups is 2. The van der Waals surface area contributed by atoms with Crippen molar-refractivity contribution < 1.29 is 34.0 Å². The van der Waals surface area contributed by atoms with E-state index in [4.69, 9.17) is 14.2 Å². The number of rotatable bonds is 2. The number of hydrogen-bond acceptors (Lipinski definition) is 7. The van der Waals surface area contributed by atoms with Crippen molar-refractivity contribution in [3.8, 4) is 0 Å². The van der Waals surface area contributed by atoms with Crippen LogP contribution in [-0.4, -0.2) is 53.4 Å². The Balaban J connectivity index is 2.72. The van der Waals surface area contributed by atoms with E-state index in [0.717, 1.165) is 6.92 Å². The van der Waals surface area contributed by atoms with E-state index in [-0.39, 0.29) is 6.61 Å². The Kier molecular flexibility index (Phi) is 4.22. The lowest BCUT2D eigenvalue weighted by atomic mass is 10.1. The van der Waals surface area contributed by atoms with E-state index in [1.165, 1.54) is 6.92 Å². The monoisotopic (exact) mass is 234 g/mol. The molecular formula is C9H14O7. The number of hydrogen-bond donors (Lipinski definition) is 2. The molecule has 0 amide bonds. The molecule has 1 aliphatic rings. The maximum absolute atomic E-state index is 10.8. The van der Waals surface area contributed by atoms with Crippen molar-refractivity contribution in [3.05, 3.63) is 0 Å². The molecule has 0 bridgehead atoms. The Morgan fingerprint density at radius 2 is 1.75 bits per heavy atom. The number of carbonyl (C=O) groups excluding carboxylic acids is 2. The molecule has 1 saturated heterocycles. The highest BCUT2D eigenvalue weighted by atomic mass is 16.7. The lowest BCUT2D eigenvalue weighted by Crippen LogP contribution is -2.55. The van der Waals surface area contributed by atoms with Gasteiger partial charge < -0.3 is 24.4 Å². The van der Waals surface area contributed by atoms with Crippen molar-refractivity contribution in [1.29, 1.82) is 0 Å². The van der Waals surface area contributed by atoms with Crippen LogP contribution in [0.25, 0.3) is 0 Å². The number of ether oxygens (including phenoxy) is 3. The van der Waals surface area contributed by atoms with Gasteiger partial charge in [-0.05, 0) is 0 Å². The van der Waals surface area contributed by atoms with Gasteiger partial charge in [-0.25, -0.2) is 0 Å². The molecule has 1 aliphatic heterocycles. The lowest BCUT2D eigenvalue weighted by molar-refractivity contribution is -0.261. The Morgan fingerprint density at radius 3 is 2.25 bits per heavy atom. The number of aliphatic hydroxyl groups excluding tert-OH is 2. The average molecular weight is 234 g/mol. The molecule has 2 N–H and O–H groups in total. The van der Waals surface area contributed by atoms with Gasteiger partial charge in [-0.1, -0.05) is 0 Å². The molecule has 1 fully saturated rings. The van der Waals surface area contributed by atoms with E-state index >= 15 is 0 Å². The summed E-state index contributed by atoms with van der Waals surface area (Å²) >= 11 is 0. The fourth-order valence-corrected chi connectivity index (χ4v) is 1.42. The van der Waals surface area contributed by atoms with Crippen molar-refractivity contribution in [3.63, 3.8) is 0 Å². The van der Waals surface area contributed by atoms with Crippen molar-refractivity contribution in [2.24, 2.45) is 0 Å². The zero-order valence-corrected chi connectivity index (χ0v) is 8.95. The molecule has 7 nitrogen and oxygen atoms in total. The van der Waals surface area contributed by atoms with Crippen LogP contribution in [0.1, 0.15) is 13.8 Å². The van der Waals surface area contributed by atoms with Crippen molar-refractivity contribution in [1.82, 2.24) is 0 Å². The first-order chi connectivity index (χ1) is 7.41. The first kappa shape index (κ1) is 12.9. The lowest BCUT2D eigenvalue weighted by Gasteiger charge is -2.36. The minimum Gasteiger partial charge on any atom is -0.456 e. The molecule has 0 saturated carbocycles. The molecule has 1 rings (SSSR count). The summed E-state index contributed by atoms with van der Waals surface area (Å²) in [7, 11) is 0. The molecule has 0 aliphatic carbocycles. The molecule has 7 heteroatoms. The van der Waals surface area contributed by atoms with Crippen LogP contribution in [-0.2, 0) is 23.8 Å². The Bertz CT molecular complexity index is 277. The van der Waals surface area contributed by atoms with Gasteiger partial charge in [-0.3, -0.25) is 9.59 Å². The minimum atomic E-state index is -1.46. The third-order valence-electron chi connectivity index (χ3n) is 2.05. The van der Waals surface area contributed by atoms with Crippen molar-refractivity contribution >= 4 is 11.9 Å². The van der Waals surface area contributed by atoms with E-state index < -0.39 is 36.5 Å². The second kappa shape index (κ2) is 5.24. The van der Waals surface area contributed by atoms with E-state index in [9.17, 15) is 19.8 Å². The van der Waals surface area contributed by atoms with Crippen molar-refractivity contribution in [2.45, 2.75) is 38.4 Å². The summed E-state index contributed by atoms with van der Waals surface area (Å²) in [5, 5.41) is 18.7. The molecule has 92 valence electrons. The van der Waals surface area contributed by atoms with Crippen LogP contribution in [0.15, 0.2) is 0 Å². The van der Waals surface area contributed by atoms with E-state index in [1.807, 2.05) is 0 Å². The average Bonchev–Trinajstić information content (AvgIpc) is 2.16. The molecule has 0 unspecified atom stereocenters. The van der Waals surface area contributed by atoms with Gasteiger partial charge in [-0.2, -0.15) is 0 Å². The molecule has 0 spiro atoms. The SMILES string of the molecule is CC(=O)O[C@@H]1[C@@H](O)[C@H](O)OC[C@@H]1OC(C)=O. The quantitative estimate of drug-likeness (QED) is 0.564. The maximum atomic E-state index is 10.8. The zero-order chi connectivity index (χ0) is 12.3. The number of aliphatic hydroxyl groups is 2. The van der Waals surface area contributed by atoms with Crippen LogP contribution in [0.4, 0.5) is 0 Å².